The molecule has 1 rings (SSSR count). The van der Waals surface area contributed by atoms with Gasteiger partial charge in [0.15, 0.2) is 0 Å². The fourth-order valence-electron chi connectivity index (χ4n) is 0.770. The van der Waals surface area contributed by atoms with E-state index in [-0.39, 0.29) is 0 Å². The van der Waals surface area contributed by atoms with Gasteiger partial charge in [0.05, 0.1) is 0 Å². The molecule has 0 atom stereocenters. The molecule has 1 aromatic carbocycles. The van der Waals surface area contributed by atoms with Crippen molar-refractivity contribution >= 4 is 11.8 Å². The topological polar surface area (TPSA) is 40.2 Å². The summed E-state index contributed by atoms with van der Waals surface area (Å²) in [5, 5.41) is 10.3. The van der Waals surface area contributed by atoms with Gasteiger partial charge in [0.2, 0.25) is 0 Å². The summed E-state index contributed by atoms with van der Waals surface area (Å²) in [5.41, 5.74) is 0.386. The third-order valence-electron chi connectivity index (χ3n) is 1.49. The van der Waals surface area contributed by atoms with Gasteiger partial charge in [-0.05, 0) is 24.3 Å². The number of halogens is 1. The van der Waals surface area contributed by atoms with Crippen LogP contribution < -0.4 is 4.90 Å². The number of nitrogens with zero attached hydrogens (tertiary/aromatic N) is 1. The minimum Gasteiger partial charge on any atom is -0.278 e. The highest BCUT2D eigenvalue weighted by molar-refractivity contribution is 5.84. The van der Waals surface area contributed by atoms with Gasteiger partial charge in [-0.25, -0.2) is 14.3 Å². The van der Waals surface area contributed by atoms with Gasteiger partial charge in [0, 0.05) is 12.7 Å². The standard InChI is InChI=1S/C8H7FNO2/c1-10(8(11)12)7-4-2-6(9)3-5-7/h2-5H,1H3. The van der Waals surface area contributed by atoms with E-state index < -0.39 is 11.9 Å². The summed E-state index contributed by atoms with van der Waals surface area (Å²) in [6.07, 6.45) is -1.32. The molecule has 0 aliphatic heterocycles. The van der Waals surface area contributed by atoms with Crippen LogP contribution in [-0.2, 0) is 5.11 Å². The maximum absolute atomic E-state index is 12.4. The number of amides is 1. The Morgan fingerprint density at radius 1 is 1.33 bits per heavy atom. The third kappa shape index (κ3) is 1.72. The van der Waals surface area contributed by atoms with Crippen LogP contribution in [0.4, 0.5) is 14.9 Å². The first kappa shape index (κ1) is 8.52. The van der Waals surface area contributed by atoms with Crippen molar-refractivity contribution in [2.45, 2.75) is 0 Å². The number of hydrogen-bond donors (Lipinski definition) is 0. The fraction of sp³-hybridized carbons (Fsp3) is 0.125. The molecular formula is C8H7FNO2. The maximum Gasteiger partial charge on any atom is 0.457 e. The fourth-order valence-corrected chi connectivity index (χ4v) is 0.770. The summed E-state index contributed by atoms with van der Waals surface area (Å²) in [6, 6.07) is 5.11. The lowest BCUT2D eigenvalue weighted by Crippen LogP contribution is -2.22. The van der Waals surface area contributed by atoms with Gasteiger partial charge in [0.1, 0.15) is 5.82 Å². The molecule has 1 aromatic rings. The molecular weight excluding hydrogens is 161 g/mol. The van der Waals surface area contributed by atoms with Crippen LogP contribution in [0.5, 0.6) is 0 Å². The lowest BCUT2D eigenvalue weighted by Gasteiger charge is -2.10. The zero-order chi connectivity index (χ0) is 9.14. The van der Waals surface area contributed by atoms with E-state index in [2.05, 4.69) is 0 Å². The summed E-state index contributed by atoms with van der Waals surface area (Å²) in [4.78, 5) is 11.2. The molecule has 0 unspecified atom stereocenters. The lowest BCUT2D eigenvalue weighted by atomic mass is 10.3. The molecule has 63 valence electrons. The number of hydrogen-bond acceptors (Lipinski definition) is 1. The molecule has 0 aliphatic carbocycles. The normalized spacial score (nSPS) is 9.50. The SMILES string of the molecule is CN(C([O])=O)c1ccc(F)cc1. The minimum absolute atomic E-state index is 0.386. The van der Waals surface area contributed by atoms with E-state index >= 15 is 0 Å². The highest BCUT2D eigenvalue weighted by atomic mass is 19.1. The van der Waals surface area contributed by atoms with Crippen LogP contribution in [0.3, 0.4) is 0 Å². The molecule has 3 nitrogen and oxygen atoms in total. The van der Waals surface area contributed by atoms with Crippen LogP contribution in [0, 0.1) is 5.82 Å². The first-order chi connectivity index (χ1) is 5.61. The first-order valence-corrected chi connectivity index (χ1v) is 3.31. The Morgan fingerprint density at radius 2 is 1.83 bits per heavy atom. The van der Waals surface area contributed by atoms with Gasteiger partial charge in [-0.2, -0.15) is 0 Å². The van der Waals surface area contributed by atoms with Gasteiger partial charge in [-0.15, -0.1) is 0 Å². The molecule has 0 aromatic heterocycles. The summed E-state index contributed by atoms with van der Waals surface area (Å²) in [6.45, 7) is 0. The van der Waals surface area contributed by atoms with Crippen LogP contribution in [0.1, 0.15) is 0 Å². The second kappa shape index (κ2) is 3.21. The Bertz CT molecular complexity index is 284. The van der Waals surface area contributed by atoms with Gasteiger partial charge >= 0.3 is 6.09 Å². The summed E-state index contributed by atoms with van der Waals surface area (Å²) in [7, 11) is 1.34. The molecule has 0 saturated heterocycles. The van der Waals surface area contributed by atoms with Crippen LogP contribution in [0.2, 0.25) is 0 Å². The molecule has 0 bridgehead atoms. The molecule has 12 heavy (non-hydrogen) atoms. The summed E-state index contributed by atoms with van der Waals surface area (Å²) < 4.78 is 12.4. The van der Waals surface area contributed by atoms with E-state index in [1.807, 2.05) is 0 Å². The summed E-state index contributed by atoms with van der Waals surface area (Å²) in [5.74, 6) is -0.398. The number of anilines is 1. The van der Waals surface area contributed by atoms with Crippen LogP contribution in [0.15, 0.2) is 24.3 Å². The molecule has 0 saturated carbocycles. The Kier molecular flexibility index (Phi) is 2.28. The van der Waals surface area contributed by atoms with Gasteiger partial charge in [-0.1, -0.05) is 0 Å². The summed E-state index contributed by atoms with van der Waals surface area (Å²) >= 11 is 0. The first-order valence-electron chi connectivity index (χ1n) is 3.31. The average molecular weight is 168 g/mol. The smallest absolute Gasteiger partial charge is 0.278 e. The van der Waals surface area contributed by atoms with Crippen molar-refractivity contribution < 1.29 is 14.3 Å². The predicted molar refractivity (Wildman–Crippen MR) is 40.9 cm³/mol. The van der Waals surface area contributed by atoms with Crippen molar-refractivity contribution in [3.8, 4) is 0 Å². The Balaban J connectivity index is 2.89. The molecule has 1 radical (unpaired) electrons. The molecule has 0 spiro atoms. The highest BCUT2D eigenvalue weighted by Crippen LogP contribution is 2.12. The van der Waals surface area contributed by atoms with Crippen molar-refractivity contribution in [1.29, 1.82) is 0 Å². The van der Waals surface area contributed by atoms with E-state index in [4.69, 9.17) is 0 Å². The Labute approximate surface area is 69.0 Å². The van der Waals surface area contributed by atoms with Gasteiger partial charge < -0.3 is 0 Å². The quantitative estimate of drug-likeness (QED) is 0.630. The van der Waals surface area contributed by atoms with E-state index in [1.165, 1.54) is 31.3 Å². The molecule has 0 N–H and O–H groups in total. The van der Waals surface area contributed by atoms with Crippen LogP contribution in [0.25, 0.3) is 0 Å². The average Bonchev–Trinajstić information content (AvgIpc) is 2.04. The Morgan fingerprint density at radius 3 is 2.25 bits per heavy atom. The largest absolute Gasteiger partial charge is 0.457 e. The monoisotopic (exact) mass is 168 g/mol. The second-order valence-corrected chi connectivity index (χ2v) is 2.30. The molecule has 0 aliphatic rings. The maximum atomic E-state index is 12.4. The van der Waals surface area contributed by atoms with E-state index in [1.54, 1.807) is 0 Å². The molecule has 1 amide bonds. The van der Waals surface area contributed by atoms with Crippen molar-refractivity contribution in [2.75, 3.05) is 11.9 Å². The minimum atomic E-state index is -1.32. The third-order valence-corrected chi connectivity index (χ3v) is 1.49. The van der Waals surface area contributed by atoms with Crippen molar-refractivity contribution in [1.82, 2.24) is 0 Å². The second-order valence-electron chi connectivity index (χ2n) is 2.30. The van der Waals surface area contributed by atoms with Crippen molar-refractivity contribution in [2.24, 2.45) is 0 Å². The van der Waals surface area contributed by atoms with Crippen molar-refractivity contribution in [3.05, 3.63) is 30.1 Å². The van der Waals surface area contributed by atoms with E-state index in [0.717, 1.165) is 4.90 Å². The zero-order valence-electron chi connectivity index (χ0n) is 6.45. The van der Waals surface area contributed by atoms with Gasteiger partial charge in [-0.3, -0.25) is 4.90 Å². The lowest BCUT2D eigenvalue weighted by molar-refractivity contribution is 0.178. The van der Waals surface area contributed by atoms with Crippen LogP contribution >= 0.6 is 0 Å². The number of benzene rings is 1. The number of carbonyl (C=O) groups excluding carboxylic acids is 1. The zero-order valence-corrected chi connectivity index (χ0v) is 6.45. The van der Waals surface area contributed by atoms with Gasteiger partial charge in [0.25, 0.3) is 0 Å². The highest BCUT2D eigenvalue weighted by Gasteiger charge is 2.09. The number of rotatable bonds is 1. The van der Waals surface area contributed by atoms with E-state index in [9.17, 15) is 14.3 Å². The van der Waals surface area contributed by atoms with E-state index in [0.29, 0.717) is 5.69 Å². The number of carbonyl (C=O) groups is 1. The van der Waals surface area contributed by atoms with Crippen LogP contribution in [-0.4, -0.2) is 13.1 Å². The van der Waals surface area contributed by atoms with Crippen molar-refractivity contribution in [3.63, 3.8) is 0 Å². The molecule has 4 heteroatoms. The predicted octanol–water partition coefficient (Wildman–Crippen LogP) is 1.81. The molecule has 0 fully saturated rings. The Hall–Kier alpha value is -1.58. The molecule has 0 heterocycles.